The monoisotopic (exact) mass is 649 g/mol. The first-order valence-corrected chi connectivity index (χ1v) is 19.4. The van der Waals surface area contributed by atoms with Gasteiger partial charge in [-0.25, -0.2) is 0 Å². The molecular weight excluding hydrogens is 591 g/mol. The normalized spacial score (nSPS) is 16.6. The van der Waals surface area contributed by atoms with Gasteiger partial charge in [0.05, 0.1) is 5.69 Å². The lowest BCUT2D eigenvalue weighted by Crippen LogP contribution is -2.10. The maximum atomic E-state index is 4.83. The third-order valence-electron chi connectivity index (χ3n) is 10.8. The second-order valence-electron chi connectivity index (χ2n) is 14.3. The van der Waals surface area contributed by atoms with Crippen LogP contribution in [0.15, 0.2) is 109 Å². The molecule has 2 atom stereocenters. The summed E-state index contributed by atoms with van der Waals surface area (Å²) in [6.45, 7) is 13.7. The summed E-state index contributed by atoms with van der Waals surface area (Å²) in [6.07, 6.45) is 15.6. The summed E-state index contributed by atoms with van der Waals surface area (Å²) in [5.41, 5.74) is 14.5. The summed E-state index contributed by atoms with van der Waals surface area (Å²) in [5, 5.41) is 0. The third kappa shape index (κ3) is 8.99. The Kier molecular flexibility index (Phi) is 13.1. The standard InChI is InChI=1S/C43H47N.C5H12/c1-5-8-12-32-15-19-34(20-16-32)37-26-38(35-21-17-33(18-22-35)13-9-6-2)28-39(27-37)36-23-24-41(43(7-3)30-31(43)4)40(29-36)42-14-10-11-25-44-42;1-3-5-4-2/h10-11,14-29,31H,5-9,12-13,30H2,1-4H3;3-5H2,1-2H3/t31-,43?;/m0./s1. The van der Waals surface area contributed by atoms with Crippen LogP contribution in [0.2, 0.25) is 0 Å². The highest BCUT2D eigenvalue weighted by molar-refractivity contribution is 5.83. The van der Waals surface area contributed by atoms with Crippen molar-refractivity contribution in [1.82, 2.24) is 4.98 Å². The zero-order chi connectivity index (χ0) is 34.6. The van der Waals surface area contributed by atoms with Gasteiger partial charge < -0.3 is 0 Å². The molecule has 6 rings (SSSR count). The molecule has 1 saturated carbocycles. The maximum Gasteiger partial charge on any atom is 0.0705 e. The summed E-state index contributed by atoms with van der Waals surface area (Å²) in [5.74, 6) is 0.705. The van der Waals surface area contributed by atoms with Crippen molar-refractivity contribution in [3.63, 3.8) is 0 Å². The van der Waals surface area contributed by atoms with Crippen LogP contribution in [0, 0.1) is 5.92 Å². The Morgan fingerprint density at radius 2 is 1.04 bits per heavy atom. The number of unbranched alkanes of at least 4 members (excludes halogenated alkanes) is 4. The number of hydrogen-bond donors (Lipinski definition) is 0. The average molecular weight is 650 g/mol. The minimum Gasteiger partial charge on any atom is -0.256 e. The first-order valence-electron chi connectivity index (χ1n) is 19.4. The van der Waals surface area contributed by atoms with Gasteiger partial charge in [-0.15, -0.1) is 0 Å². The molecule has 49 heavy (non-hydrogen) atoms. The molecule has 1 nitrogen and oxygen atoms in total. The van der Waals surface area contributed by atoms with E-state index in [4.69, 9.17) is 4.98 Å². The fourth-order valence-electron chi connectivity index (χ4n) is 7.41. The van der Waals surface area contributed by atoms with Gasteiger partial charge >= 0.3 is 0 Å². The number of nitrogens with zero attached hydrogens (tertiary/aromatic N) is 1. The van der Waals surface area contributed by atoms with Gasteiger partial charge in [0.2, 0.25) is 0 Å². The van der Waals surface area contributed by atoms with E-state index >= 15 is 0 Å². The van der Waals surface area contributed by atoms with Gasteiger partial charge in [-0.2, -0.15) is 0 Å². The van der Waals surface area contributed by atoms with E-state index in [2.05, 4.69) is 139 Å². The predicted octanol–water partition coefficient (Wildman–Crippen LogP) is 14.3. The largest absolute Gasteiger partial charge is 0.256 e. The van der Waals surface area contributed by atoms with Gasteiger partial charge in [0.1, 0.15) is 0 Å². The van der Waals surface area contributed by atoms with Gasteiger partial charge in [-0.3, -0.25) is 4.98 Å². The van der Waals surface area contributed by atoms with Crippen molar-refractivity contribution in [2.45, 2.75) is 118 Å². The molecular formula is C48H59N. The van der Waals surface area contributed by atoms with E-state index in [0.717, 1.165) is 25.0 Å². The second-order valence-corrected chi connectivity index (χ2v) is 14.3. The predicted molar refractivity (Wildman–Crippen MR) is 214 cm³/mol. The molecule has 1 fully saturated rings. The Morgan fingerprint density at radius 1 is 0.551 bits per heavy atom. The van der Waals surface area contributed by atoms with E-state index in [-0.39, 0.29) is 5.41 Å². The molecule has 1 aliphatic rings. The van der Waals surface area contributed by atoms with E-state index in [1.165, 1.54) is 107 Å². The van der Waals surface area contributed by atoms with E-state index in [1.54, 1.807) is 0 Å². The van der Waals surface area contributed by atoms with E-state index in [1.807, 2.05) is 12.3 Å². The maximum absolute atomic E-state index is 4.83. The Balaban J connectivity index is 0.000000874. The lowest BCUT2D eigenvalue weighted by atomic mass is 9.84. The Bertz CT molecular complexity index is 1660. The molecule has 1 unspecified atom stereocenters. The number of aromatic nitrogens is 1. The first kappa shape index (κ1) is 36.3. The number of benzene rings is 4. The van der Waals surface area contributed by atoms with Crippen LogP contribution in [0.4, 0.5) is 0 Å². The quantitative estimate of drug-likeness (QED) is 0.117. The Labute approximate surface area is 298 Å². The zero-order valence-electron chi connectivity index (χ0n) is 31.2. The van der Waals surface area contributed by atoms with Crippen LogP contribution in [-0.4, -0.2) is 4.98 Å². The van der Waals surface area contributed by atoms with Crippen molar-refractivity contribution >= 4 is 0 Å². The SMILES string of the molecule is CCCCC.CCCCc1ccc(-c2cc(-c3ccc(CCCC)cc3)cc(-c3ccc(C4(CC)C[C@@H]4C)c(-c4ccccn4)c3)c2)cc1. The van der Waals surface area contributed by atoms with Crippen LogP contribution in [0.5, 0.6) is 0 Å². The molecule has 0 amide bonds. The van der Waals surface area contributed by atoms with Gasteiger partial charge in [0.15, 0.2) is 0 Å². The highest BCUT2D eigenvalue weighted by Gasteiger charge is 2.51. The Hall–Kier alpha value is -3.97. The summed E-state index contributed by atoms with van der Waals surface area (Å²) < 4.78 is 0. The molecule has 1 heterocycles. The van der Waals surface area contributed by atoms with Crippen molar-refractivity contribution in [2.75, 3.05) is 0 Å². The van der Waals surface area contributed by atoms with Crippen LogP contribution in [0.25, 0.3) is 44.6 Å². The van der Waals surface area contributed by atoms with Crippen LogP contribution in [-0.2, 0) is 18.3 Å². The van der Waals surface area contributed by atoms with Crippen LogP contribution in [0.1, 0.15) is 116 Å². The molecule has 0 bridgehead atoms. The summed E-state index contributed by atoms with van der Waals surface area (Å²) >= 11 is 0. The van der Waals surface area contributed by atoms with E-state index in [0.29, 0.717) is 5.92 Å². The smallest absolute Gasteiger partial charge is 0.0705 e. The highest BCUT2D eigenvalue weighted by Crippen LogP contribution is 2.58. The fraction of sp³-hybridized carbons (Fsp3) is 0.396. The highest BCUT2D eigenvalue weighted by atomic mass is 14.7. The molecule has 4 aromatic carbocycles. The summed E-state index contributed by atoms with van der Waals surface area (Å²) in [6, 6.07) is 39.1. The van der Waals surface area contributed by atoms with Crippen molar-refractivity contribution in [1.29, 1.82) is 0 Å². The topological polar surface area (TPSA) is 12.9 Å². The molecule has 1 aromatic heterocycles. The van der Waals surface area contributed by atoms with E-state index in [9.17, 15) is 0 Å². The minimum atomic E-state index is 0.261. The summed E-state index contributed by atoms with van der Waals surface area (Å²) in [7, 11) is 0. The molecule has 0 saturated heterocycles. The van der Waals surface area contributed by atoms with Crippen molar-refractivity contribution in [3.8, 4) is 44.6 Å². The second kappa shape index (κ2) is 17.6. The third-order valence-corrected chi connectivity index (χ3v) is 10.8. The van der Waals surface area contributed by atoms with Gasteiger partial charge in [-0.05, 0) is 136 Å². The van der Waals surface area contributed by atoms with Gasteiger partial charge in [-0.1, -0.05) is 140 Å². The number of aryl methyl sites for hydroxylation is 2. The lowest BCUT2D eigenvalue weighted by Gasteiger charge is -2.21. The van der Waals surface area contributed by atoms with Crippen LogP contribution in [0.3, 0.4) is 0 Å². The molecule has 0 spiro atoms. The molecule has 1 aliphatic carbocycles. The molecule has 256 valence electrons. The molecule has 0 aliphatic heterocycles. The fourth-order valence-corrected chi connectivity index (χ4v) is 7.41. The van der Waals surface area contributed by atoms with Crippen LogP contribution < -0.4 is 0 Å². The average Bonchev–Trinajstić information content (AvgIpc) is 3.84. The van der Waals surface area contributed by atoms with Gasteiger partial charge in [0.25, 0.3) is 0 Å². The molecule has 0 N–H and O–H groups in total. The first-order chi connectivity index (χ1) is 24.0. The number of hydrogen-bond acceptors (Lipinski definition) is 1. The minimum absolute atomic E-state index is 0.261. The van der Waals surface area contributed by atoms with Crippen molar-refractivity contribution in [2.24, 2.45) is 5.92 Å². The molecule has 1 heteroatoms. The van der Waals surface area contributed by atoms with Gasteiger partial charge in [0, 0.05) is 11.8 Å². The van der Waals surface area contributed by atoms with Crippen molar-refractivity contribution in [3.05, 3.63) is 126 Å². The zero-order valence-corrected chi connectivity index (χ0v) is 31.2. The lowest BCUT2D eigenvalue weighted by molar-refractivity contribution is 0.608. The number of pyridine rings is 1. The van der Waals surface area contributed by atoms with Crippen LogP contribution >= 0.6 is 0 Å². The van der Waals surface area contributed by atoms with E-state index < -0.39 is 0 Å². The summed E-state index contributed by atoms with van der Waals surface area (Å²) in [4.78, 5) is 4.83. The number of rotatable bonds is 14. The molecule has 0 radical (unpaired) electrons. The Morgan fingerprint density at radius 3 is 1.45 bits per heavy atom. The van der Waals surface area contributed by atoms with Crippen molar-refractivity contribution < 1.29 is 0 Å². The molecule has 5 aromatic rings.